The zero-order valence-corrected chi connectivity index (χ0v) is 12.3. The van der Waals surface area contributed by atoms with E-state index < -0.39 is 12.0 Å². The van der Waals surface area contributed by atoms with Crippen molar-refractivity contribution in [1.82, 2.24) is 15.1 Å². The van der Waals surface area contributed by atoms with Gasteiger partial charge in [0.05, 0.1) is 0 Å². The lowest BCUT2D eigenvalue weighted by atomic mass is 10.1. The fourth-order valence-corrected chi connectivity index (χ4v) is 2.54. The van der Waals surface area contributed by atoms with Crippen LogP contribution in [-0.4, -0.2) is 65.7 Å². The Labute approximate surface area is 120 Å². The third-order valence-electron chi connectivity index (χ3n) is 4.08. The summed E-state index contributed by atoms with van der Waals surface area (Å²) in [5.74, 6) is -0.221. The first-order chi connectivity index (χ1) is 9.47. The van der Waals surface area contributed by atoms with Crippen molar-refractivity contribution in [2.24, 2.45) is 11.8 Å². The molecule has 2 fully saturated rings. The van der Waals surface area contributed by atoms with Crippen molar-refractivity contribution < 1.29 is 14.7 Å². The molecule has 20 heavy (non-hydrogen) atoms. The second-order valence-electron chi connectivity index (χ2n) is 6.24. The molecule has 1 aliphatic heterocycles. The van der Waals surface area contributed by atoms with Gasteiger partial charge in [-0.3, -0.25) is 4.90 Å². The molecule has 2 amide bonds. The normalized spacial score (nSPS) is 21.9. The van der Waals surface area contributed by atoms with Gasteiger partial charge < -0.3 is 15.3 Å². The van der Waals surface area contributed by atoms with Crippen molar-refractivity contribution >= 4 is 12.0 Å². The number of hydrogen-bond donors (Lipinski definition) is 2. The standard InChI is InChI=1S/C14H25N3O3/c1-10(2)12(13(18)19)15-14(20)17-7-5-16(6-8-17)9-11-3-4-11/h10-12H,3-9H2,1-2H3,(H,15,20)(H,18,19)/t12-/m0/s1. The number of carbonyl (C=O) groups is 2. The highest BCUT2D eigenvalue weighted by atomic mass is 16.4. The van der Waals surface area contributed by atoms with E-state index >= 15 is 0 Å². The summed E-state index contributed by atoms with van der Waals surface area (Å²) in [5, 5.41) is 11.7. The highest BCUT2D eigenvalue weighted by molar-refractivity contribution is 5.82. The zero-order chi connectivity index (χ0) is 14.7. The number of rotatable bonds is 5. The number of nitrogens with one attached hydrogen (secondary N) is 1. The third kappa shape index (κ3) is 4.10. The summed E-state index contributed by atoms with van der Waals surface area (Å²) in [6.07, 6.45) is 2.69. The Bertz CT molecular complexity index is 361. The number of carbonyl (C=O) groups excluding carboxylic acids is 1. The Morgan fingerprint density at radius 2 is 1.80 bits per heavy atom. The van der Waals surface area contributed by atoms with Crippen LogP contribution in [-0.2, 0) is 4.79 Å². The Kier molecular flexibility index (Phi) is 4.86. The molecule has 1 saturated carbocycles. The minimum atomic E-state index is -0.972. The molecule has 0 aromatic rings. The van der Waals surface area contributed by atoms with Gasteiger partial charge in [0, 0.05) is 32.7 Å². The van der Waals surface area contributed by atoms with Crippen LogP contribution in [0.4, 0.5) is 4.79 Å². The first-order valence-corrected chi connectivity index (χ1v) is 7.48. The number of carboxylic acid groups (broad SMARTS) is 1. The van der Waals surface area contributed by atoms with Crippen LogP contribution in [0.25, 0.3) is 0 Å². The summed E-state index contributed by atoms with van der Waals surface area (Å²) in [6.45, 7) is 7.90. The van der Waals surface area contributed by atoms with Gasteiger partial charge in [0.15, 0.2) is 0 Å². The SMILES string of the molecule is CC(C)[C@H](NC(=O)N1CCN(CC2CC2)CC1)C(=O)O. The molecule has 0 aromatic heterocycles. The van der Waals surface area contributed by atoms with Gasteiger partial charge >= 0.3 is 12.0 Å². The van der Waals surface area contributed by atoms with Gasteiger partial charge in [-0.05, 0) is 24.7 Å². The van der Waals surface area contributed by atoms with E-state index in [0.29, 0.717) is 13.1 Å². The highest BCUT2D eigenvalue weighted by Crippen LogP contribution is 2.29. The molecule has 0 unspecified atom stereocenters. The molecule has 0 aromatic carbocycles. The molecule has 0 bridgehead atoms. The molecule has 1 atom stereocenters. The topological polar surface area (TPSA) is 72.9 Å². The van der Waals surface area contributed by atoms with Gasteiger partial charge in [-0.2, -0.15) is 0 Å². The van der Waals surface area contributed by atoms with E-state index in [1.54, 1.807) is 18.7 Å². The van der Waals surface area contributed by atoms with Crippen molar-refractivity contribution in [3.63, 3.8) is 0 Å². The fourth-order valence-electron chi connectivity index (χ4n) is 2.54. The van der Waals surface area contributed by atoms with Crippen molar-refractivity contribution in [1.29, 1.82) is 0 Å². The first kappa shape index (κ1) is 15.1. The molecular weight excluding hydrogens is 258 g/mol. The summed E-state index contributed by atoms with van der Waals surface area (Å²) >= 11 is 0. The second-order valence-corrected chi connectivity index (χ2v) is 6.24. The van der Waals surface area contributed by atoms with Crippen molar-refractivity contribution in [2.75, 3.05) is 32.7 Å². The van der Waals surface area contributed by atoms with E-state index in [0.717, 1.165) is 25.6 Å². The molecule has 114 valence electrons. The number of urea groups is 1. The molecule has 1 heterocycles. The maximum atomic E-state index is 12.1. The Morgan fingerprint density at radius 1 is 1.20 bits per heavy atom. The van der Waals surface area contributed by atoms with Crippen molar-refractivity contribution in [2.45, 2.75) is 32.7 Å². The number of aliphatic carboxylic acids is 1. The van der Waals surface area contributed by atoms with Crippen LogP contribution < -0.4 is 5.32 Å². The van der Waals surface area contributed by atoms with Crippen LogP contribution in [0.5, 0.6) is 0 Å². The summed E-state index contributed by atoms with van der Waals surface area (Å²) < 4.78 is 0. The van der Waals surface area contributed by atoms with Crippen LogP contribution >= 0.6 is 0 Å². The van der Waals surface area contributed by atoms with E-state index in [1.165, 1.54) is 12.8 Å². The van der Waals surface area contributed by atoms with E-state index in [1.807, 2.05) is 0 Å². The quantitative estimate of drug-likeness (QED) is 0.784. The average Bonchev–Trinajstić information content (AvgIpc) is 3.19. The number of nitrogens with zero attached hydrogens (tertiary/aromatic N) is 2. The summed E-state index contributed by atoms with van der Waals surface area (Å²) in [5.41, 5.74) is 0. The molecule has 0 spiro atoms. The van der Waals surface area contributed by atoms with E-state index in [-0.39, 0.29) is 11.9 Å². The van der Waals surface area contributed by atoms with Crippen LogP contribution in [0.1, 0.15) is 26.7 Å². The number of amides is 2. The second kappa shape index (κ2) is 6.43. The molecular formula is C14H25N3O3. The Balaban J connectivity index is 1.77. The third-order valence-corrected chi connectivity index (χ3v) is 4.08. The molecule has 2 rings (SSSR count). The molecule has 2 N–H and O–H groups in total. The van der Waals surface area contributed by atoms with Gasteiger partial charge in [0.25, 0.3) is 0 Å². The predicted molar refractivity (Wildman–Crippen MR) is 75.5 cm³/mol. The number of hydrogen-bond acceptors (Lipinski definition) is 3. The lowest BCUT2D eigenvalue weighted by molar-refractivity contribution is -0.140. The minimum Gasteiger partial charge on any atom is -0.480 e. The number of piperazine rings is 1. The fraction of sp³-hybridized carbons (Fsp3) is 0.857. The number of carboxylic acids is 1. The molecule has 1 saturated heterocycles. The maximum Gasteiger partial charge on any atom is 0.326 e. The smallest absolute Gasteiger partial charge is 0.326 e. The molecule has 6 heteroatoms. The average molecular weight is 283 g/mol. The van der Waals surface area contributed by atoms with Crippen LogP contribution in [0.2, 0.25) is 0 Å². The summed E-state index contributed by atoms with van der Waals surface area (Å²) in [6, 6.07) is -1.07. The van der Waals surface area contributed by atoms with Gasteiger partial charge in [0.1, 0.15) is 6.04 Å². The lowest BCUT2D eigenvalue weighted by Crippen LogP contribution is -2.55. The van der Waals surface area contributed by atoms with Crippen molar-refractivity contribution in [3.8, 4) is 0 Å². The molecule has 0 radical (unpaired) electrons. The molecule has 2 aliphatic rings. The van der Waals surface area contributed by atoms with Crippen LogP contribution in [0.3, 0.4) is 0 Å². The van der Waals surface area contributed by atoms with Gasteiger partial charge in [-0.15, -0.1) is 0 Å². The Hall–Kier alpha value is -1.30. The van der Waals surface area contributed by atoms with E-state index in [4.69, 9.17) is 5.11 Å². The molecule has 1 aliphatic carbocycles. The minimum absolute atomic E-state index is 0.118. The summed E-state index contributed by atoms with van der Waals surface area (Å²) in [4.78, 5) is 27.3. The maximum absolute atomic E-state index is 12.1. The van der Waals surface area contributed by atoms with Gasteiger partial charge in [-0.25, -0.2) is 9.59 Å². The molecule has 6 nitrogen and oxygen atoms in total. The predicted octanol–water partition coefficient (Wildman–Crippen LogP) is 0.833. The first-order valence-electron chi connectivity index (χ1n) is 7.48. The van der Waals surface area contributed by atoms with Crippen molar-refractivity contribution in [3.05, 3.63) is 0 Å². The lowest BCUT2D eigenvalue weighted by Gasteiger charge is -2.35. The zero-order valence-electron chi connectivity index (χ0n) is 12.3. The van der Waals surface area contributed by atoms with E-state index in [9.17, 15) is 9.59 Å². The summed E-state index contributed by atoms with van der Waals surface area (Å²) in [7, 11) is 0. The monoisotopic (exact) mass is 283 g/mol. The highest BCUT2D eigenvalue weighted by Gasteiger charge is 2.30. The largest absolute Gasteiger partial charge is 0.480 e. The van der Waals surface area contributed by atoms with Gasteiger partial charge in [0.2, 0.25) is 0 Å². The Morgan fingerprint density at radius 3 is 2.25 bits per heavy atom. The van der Waals surface area contributed by atoms with Crippen LogP contribution in [0.15, 0.2) is 0 Å². The van der Waals surface area contributed by atoms with E-state index in [2.05, 4.69) is 10.2 Å². The van der Waals surface area contributed by atoms with Crippen LogP contribution in [0, 0.1) is 11.8 Å². The van der Waals surface area contributed by atoms with Gasteiger partial charge in [-0.1, -0.05) is 13.8 Å².